The van der Waals surface area contributed by atoms with Gasteiger partial charge in [0.15, 0.2) is 0 Å². The Bertz CT molecular complexity index is 537. The van der Waals surface area contributed by atoms with Crippen molar-refractivity contribution < 1.29 is 29.0 Å². The van der Waals surface area contributed by atoms with Gasteiger partial charge in [0.1, 0.15) is 0 Å². The lowest BCUT2D eigenvalue weighted by Gasteiger charge is -2.42. The van der Waals surface area contributed by atoms with E-state index in [1.165, 1.54) is 0 Å². The summed E-state index contributed by atoms with van der Waals surface area (Å²) >= 11 is 0. The molecule has 1 aliphatic heterocycles. The van der Waals surface area contributed by atoms with Crippen molar-refractivity contribution in [3.8, 4) is 0 Å². The topological polar surface area (TPSA) is 108 Å². The van der Waals surface area contributed by atoms with Gasteiger partial charge in [-0.15, -0.1) is 0 Å². The van der Waals surface area contributed by atoms with E-state index < -0.39 is 5.97 Å². The van der Waals surface area contributed by atoms with Gasteiger partial charge in [-0.05, 0) is 32.7 Å². The monoisotopic (exact) mass is 385 g/mol. The van der Waals surface area contributed by atoms with Crippen LogP contribution < -0.4 is 5.32 Å². The van der Waals surface area contributed by atoms with Crippen LogP contribution in [0.25, 0.3) is 0 Å². The maximum atomic E-state index is 12.7. The molecular formula is C18H31N3O6. The second kappa shape index (κ2) is 9.89. The number of carbonyl (C=O) groups is 3. The molecule has 0 spiro atoms. The number of urea groups is 1. The number of aliphatic carboxylic acids is 1. The van der Waals surface area contributed by atoms with Gasteiger partial charge in [0.25, 0.3) is 0 Å². The number of amides is 2. The van der Waals surface area contributed by atoms with Crippen molar-refractivity contribution in [1.82, 2.24) is 15.1 Å². The molecule has 2 fully saturated rings. The second-order valence-corrected chi connectivity index (χ2v) is 7.14. The van der Waals surface area contributed by atoms with Crippen molar-refractivity contribution in [2.45, 2.75) is 63.8 Å². The molecule has 2 aliphatic rings. The Kier molecular flexibility index (Phi) is 7.85. The van der Waals surface area contributed by atoms with Crippen molar-refractivity contribution >= 4 is 18.0 Å². The molecule has 9 nitrogen and oxygen atoms in total. The van der Waals surface area contributed by atoms with Crippen LogP contribution in [0.1, 0.15) is 39.5 Å². The lowest BCUT2D eigenvalue weighted by Crippen LogP contribution is -2.57. The Balaban J connectivity index is 1.85. The third kappa shape index (κ3) is 5.80. The Morgan fingerprint density at radius 3 is 2.48 bits per heavy atom. The van der Waals surface area contributed by atoms with Gasteiger partial charge in [-0.2, -0.15) is 0 Å². The first kappa shape index (κ1) is 21.4. The molecule has 0 aromatic rings. The largest absolute Gasteiger partial charge is 0.480 e. The fourth-order valence-corrected chi connectivity index (χ4v) is 3.83. The van der Waals surface area contributed by atoms with Crippen molar-refractivity contribution in [2.24, 2.45) is 0 Å². The summed E-state index contributed by atoms with van der Waals surface area (Å²) in [5.74, 6) is -1.15. The minimum Gasteiger partial charge on any atom is -0.480 e. The van der Waals surface area contributed by atoms with Gasteiger partial charge < -0.3 is 24.8 Å². The lowest BCUT2D eigenvalue weighted by atomic mass is 9.85. The molecule has 9 heteroatoms. The van der Waals surface area contributed by atoms with E-state index in [0.717, 1.165) is 12.8 Å². The molecule has 1 saturated carbocycles. The van der Waals surface area contributed by atoms with Crippen LogP contribution >= 0.6 is 0 Å². The maximum Gasteiger partial charge on any atom is 0.317 e. The Labute approximate surface area is 160 Å². The summed E-state index contributed by atoms with van der Waals surface area (Å²) in [6, 6.07) is -0.232. The van der Waals surface area contributed by atoms with E-state index in [4.69, 9.17) is 14.6 Å². The highest BCUT2D eigenvalue weighted by atomic mass is 16.5. The summed E-state index contributed by atoms with van der Waals surface area (Å²) in [6.07, 6.45) is 2.15. The number of nitrogens with zero attached hydrogens (tertiary/aromatic N) is 2. The third-order valence-corrected chi connectivity index (χ3v) is 5.38. The van der Waals surface area contributed by atoms with E-state index in [-0.39, 0.29) is 49.2 Å². The van der Waals surface area contributed by atoms with E-state index in [1.54, 1.807) is 18.9 Å². The zero-order valence-corrected chi connectivity index (χ0v) is 16.3. The smallest absolute Gasteiger partial charge is 0.317 e. The van der Waals surface area contributed by atoms with Crippen LogP contribution in [-0.2, 0) is 19.1 Å². The van der Waals surface area contributed by atoms with Gasteiger partial charge in [0, 0.05) is 31.8 Å². The van der Waals surface area contributed by atoms with Gasteiger partial charge in [-0.3, -0.25) is 14.5 Å². The first-order valence-electron chi connectivity index (χ1n) is 9.59. The quantitative estimate of drug-likeness (QED) is 0.562. The van der Waals surface area contributed by atoms with Crippen LogP contribution in [0, 0.1) is 0 Å². The van der Waals surface area contributed by atoms with Crippen LogP contribution in [0.3, 0.4) is 0 Å². The first-order valence-corrected chi connectivity index (χ1v) is 9.59. The average Bonchev–Trinajstić information content (AvgIpc) is 2.98. The van der Waals surface area contributed by atoms with Crippen LogP contribution in [0.4, 0.5) is 4.79 Å². The summed E-state index contributed by atoms with van der Waals surface area (Å²) in [7, 11) is 1.60. The van der Waals surface area contributed by atoms with Gasteiger partial charge in [0.05, 0.1) is 25.7 Å². The third-order valence-electron chi connectivity index (χ3n) is 5.38. The number of esters is 1. The number of carboxylic acid groups (broad SMARTS) is 1. The highest BCUT2D eigenvalue weighted by Crippen LogP contribution is 2.27. The highest BCUT2D eigenvalue weighted by Gasteiger charge is 2.40. The Hall–Kier alpha value is -1.87. The normalized spacial score (nSPS) is 27.3. The molecule has 1 saturated heterocycles. The molecule has 0 radical (unpaired) electrons. The van der Waals surface area contributed by atoms with Crippen LogP contribution in [0.5, 0.6) is 0 Å². The fourth-order valence-electron chi connectivity index (χ4n) is 3.83. The number of hydrogen-bond acceptors (Lipinski definition) is 6. The molecule has 2 rings (SSSR count). The van der Waals surface area contributed by atoms with E-state index in [1.807, 2.05) is 11.8 Å². The van der Waals surface area contributed by atoms with Gasteiger partial charge in [-0.1, -0.05) is 6.92 Å². The van der Waals surface area contributed by atoms with Crippen molar-refractivity contribution in [3.05, 3.63) is 0 Å². The first-order chi connectivity index (χ1) is 12.9. The molecule has 0 aromatic heterocycles. The highest BCUT2D eigenvalue weighted by molar-refractivity contribution is 5.77. The molecule has 1 aliphatic carbocycles. The molecule has 0 bridgehead atoms. The minimum absolute atomic E-state index is 0.0189. The van der Waals surface area contributed by atoms with E-state index in [9.17, 15) is 14.4 Å². The lowest BCUT2D eigenvalue weighted by molar-refractivity contribution is -0.144. The average molecular weight is 385 g/mol. The predicted octanol–water partition coefficient (Wildman–Crippen LogP) is 0.676. The molecular weight excluding hydrogens is 354 g/mol. The SMILES string of the molecule is CCOC(=O)CC1CC(OC)CN1C(=O)NC1CC(N(CC)CC(=O)O)C1. The Morgan fingerprint density at radius 2 is 1.93 bits per heavy atom. The van der Waals surface area contributed by atoms with Crippen LogP contribution in [0.2, 0.25) is 0 Å². The van der Waals surface area contributed by atoms with E-state index in [2.05, 4.69) is 5.32 Å². The zero-order chi connectivity index (χ0) is 20.0. The number of likely N-dealkylation sites (N-methyl/N-ethyl adjacent to an activating group) is 1. The Morgan fingerprint density at radius 1 is 1.22 bits per heavy atom. The fraction of sp³-hybridized carbons (Fsp3) is 0.833. The number of likely N-dealkylation sites (tertiary alicyclic amines) is 1. The summed E-state index contributed by atoms with van der Waals surface area (Å²) in [5.41, 5.74) is 0. The molecule has 2 unspecified atom stereocenters. The predicted molar refractivity (Wildman–Crippen MR) is 97.4 cm³/mol. The number of carbonyl (C=O) groups excluding carboxylic acids is 2. The number of hydrogen-bond donors (Lipinski definition) is 2. The summed E-state index contributed by atoms with van der Waals surface area (Å²) < 4.78 is 10.4. The van der Waals surface area contributed by atoms with Gasteiger partial charge >= 0.3 is 18.0 Å². The number of methoxy groups -OCH3 is 1. The van der Waals surface area contributed by atoms with Gasteiger partial charge in [0.2, 0.25) is 0 Å². The van der Waals surface area contributed by atoms with Crippen LogP contribution in [0.15, 0.2) is 0 Å². The molecule has 154 valence electrons. The van der Waals surface area contributed by atoms with Crippen molar-refractivity contribution in [1.29, 1.82) is 0 Å². The van der Waals surface area contributed by atoms with Crippen LogP contribution in [-0.4, -0.2) is 90.5 Å². The molecule has 0 aromatic carbocycles. The summed E-state index contributed by atoms with van der Waals surface area (Å²) in [5, 5.41) is 12.0. The summed E-state index contributed by atoms with van der Waals surface area (Å²) in [4.78, 5) is 39.0. The summed E-state index contributed by atoms with van der Waals surface area (Å²) in [6.45, 7) is 5.14. The zero-order valence-electron chi connectivity index (χ0n) is 16.3. The van der Waals surface area contributed by atoms with E-state index >= 15 is 0 Å². The molecule has 27 heavy (non-hydrogen) atoms. The standard InChI is InChI=1S/C18H31N3O6/c1-4-20(11-16(22)23)13-6-12(7-13)19-18(25)21-10-15(26-3)8-14(21)9-17(24)27-5-2/h12-15H,4-11H2,1-3H3,(H,19,25)(H,22,23). The number of rotatable bonds is 9. The molecule has 2 N–H and O–H groups in total. The van der Waals surface area contributed by atoms with Crippen molar-refractivity contribution in [3.63, 3.8) is 0 Å². The molecule has 2 amide bonds. The van der Waals surface area contributed by atoms with Crippen molar-refractivity contribution in [2.75, 3.05) is 33.4 Å². The number of ether oxygens (including phenoxy) is 2. The molecule has 2 atom stereocenters. The maximum absolute atomic E-state index is 12.7. The number of carboxylic acids is 1. The van der Waals surface area contributed by atoms with E-state index in [0.29, 0.717) is 26.1 Å². The molecule has 1 heterocycles. The number of nitrogens with one attached hydrogen (secondary N) is 1. The van der Waals surface area contributed by atoms with Gasteiger partial charge in [-0.25, -0.2) is 4.79 Å². The second-order valence-electron chi connectivity index (χ2n) is 7.14. The minimum atomic E-state index is -0.839.